The molecular weight excluding hydrogens is 191 g/mol. The second-order valence-electron chi connectivity index (χ2n) is 2.61. The van der Waals surface area contributed by atoms with E-state index in [0.29, 0.717) is 4.90 Å². The largest absolute Gasteiger partial charge is 0.284 e. The first-order chi connectivity index (χ1) is 6.20. The van der Waals surface area contributed by atoms with Crippen LogP contribution in [0, 0.1) is 0 Å². The molecule has 0 aliphatic carbocycles. The number of hydrogen-bond donors (Lipinski definition) is 0. The molecule has 0 amide bonds. The minimum Gasteiger partial charge on any atom is -0.284 e. The number of rotatable bonds is 4. The first-order valence-corrected chi connectivity index (χ1v) is 5.02. The van der Waals surface area contributed by atoms with Crippen molar-refractivity contribution in [1.29, 1.82) is 0 Å². The zero-order chi connectivity index (χ0) is 9.68. The molecule has 1 rings (SSSR count). The normalized spacial score (nSPS) is 15.2. The number of alkyl halides is 1. The highest BCUT2D eigenvalue weighted by molar-refractivity contribution is 7.80. The van der Waals surface area contributed by atoms with Crippen molar-refractivity contribution in [3.05, 3.63) is 30.3 Å². The van der Waals surface area contributed by atoms with Crippen molar-refractivity contribution < 1.29 is 12.8 Å². The van der Waals surface area contributed by atoms with Crippen LogP contribution in [0.25, 0.3) is 0 Å². The van der Waals surface area contributed by atoms with Crippen molar-refractivity contribution in [2.24, 2.45) is 0 Å². The van der Waals surface area contributed by atoms with Crippen LogP contribution in [0.3, 0.4) is 0 Å². The van der Waals surface area contributed by atoms with E-state index in [1.165, 1.54) is 6.92 Å². The first kappa shape index (κ1) is 10.3. The molecule has 0 aliphatic rings. The van der Waals surface area contributed by atoms with Gasteiger partial charge in [0.2, 0.25) is 0 Å². The Morgan fingerprint density at radius 1 is 1.46 bits per heavy atom. The smallest absolute Gasteiger partial charge is 0.189 e. The summed E-state index contributed by atoms with van der Waals surface area (Å²) in [6, 6.07) is 8.70. The van der Waals surface area contributed by atoms with Gasteiger partial charge in [0.15, 0.2) is 11.1 Å². The average molecular weight is 202 g/mol. The van der Waals surface area contributed by atoms with Crippen LogP contribution in [0.5, 0.6) is 0 Å². The van der Waals surface area contributed by atoms with Crippen LogP contribution in [0.4, 0.5) is 4.39 Å². The van der Waals surface area contributed by atoms with Gasteiger partial charge in [0.25, 0.3) is 0 Å². The standard InChI is InChI=1S/C9H11FO2S/c1-8(10)7-12-13(11)9-5-3-2-4-6-9/h2-6,8H,7H2,1H3. The maximum Gasteiger partial charge on any atom is 0.189 e. The Hall–Kier alpha value is -0.740. The fourth-order valence-electron chi connectivity index (χ4n) is 0.755. The van der Waals surface area contributed by atoms with Gasteiger partial charge in [-0.25, -0.2) is 8.60 Å². The van der Waals surface area contributed by atoms with E-state index in [0.717, 1.165) is 0 Å². The fourth-order valence-corrected chi connectivity index (χ4v) is 1.58. The predicted octanol–water partition coefficient (Wildman–Crippen LogP) is 2.08. The summed E-state index contributed by atoms with van der Waals surface area (Å²) in [5, 5.41) is 0. The van der Waals surface area contributed by atoms with Gasteiger partial charge in [-0.3, -0.25) is 4.18 Å². The summed E-state index contributed by atoms with van der Waals surface area (Å²) < 4.78 is 28.4. The van der Waals surface area contributed by atoms with Crippen LogP contribution in [0.2, 0.25) is 0 Å². The number of halogens is 1. The van der Waals surface area contributed by atoms with E-state index in [1.54, 1.807) is 24.3 Å². The molecule has 0 saturated heterocycles. The molecule has 4 heteroatoms. The fraction of sp³-hybridized carbons (Fsp3) is 0.333. The van der Waals surface area contributed by atoms with E-state index < -0.39 is 17.3 Å². The summed E-state index contributed by atoms with van der Waals surface area (Å²) >= 11 is -1.54. The number of hydrogen-bond acceptors (Lipinski definition) is 2. The van der Waals surface area contributed by atoms with Gasteiger partial charge in [0, 0.05) is 0 Å². The monoisotopic (exact) mass is 202 g/mol. The molecule has 0 aliphatic heterocycles. The van der Waals surface area contributed by atoms with E-state index in [2.05, 4.69) is 0 Å². The zero-order valence-corrected chi connectivity index (χ0v) is 8.09. The lowest BCUT2D eigenvalue weighted by molar-refractivity contribution is 0.225. The van der Waals surface area contributed by atoms with Gasteiger partial charge in [0.05, 0.1) is 11.5 Å². The SMILES string of the molecule is CC(F)COS(=O)c1ccccc1. The van der Waals surface area contributed by atoms with Crippen molar-refractivity contribution in [2.75, 3.05) is 6.61 Å². The molecule has 1 aromatic carbocycles. The lowest BCUT2D eigenvalue weighted by Gasteiger charge is -2.03. The molecule has 0 N–H and O–H groups in total. The van der Waals surface area contributed by atoms with Crippen molar-refractivity contribution in [1.82, 2.24) is 0 Å². The molecule has 0 spiro atoms. The van der Waals surface area contributed by atoms with Crippen molar-refractivity contribution in [3.8, 4) is 0 Å². The predicted molar refractivity (Wildman–Crippen MR) is 49.4 cm³/mol. The zero-order valence-electron chi connectivity index (χ0n) is 7.27. The Morgan fingerprint density at radius 3 is 2.62 bits per heavy atom. The highest BCUT2D eigenvalue weighted by Crippen LogP contribution is 2.07. The lowest BCUT2D eigenvalue weighted by atomic mass is 10.4. The second kappa shape index (κ2) is 5.09. The Morgan fingerprint density at radius 2 is 2.08 bits per heavy atom. The van der Waals surface area contributed by atoms with Crippen molar-refractivity contribution in [2.45, 2.75) is 18.0 Å². The van der Waals surface area contributed by atoms with Gasteiger partial charge in [-0.05, 0) is 19.1 Å². The molecule has 0 heterocycles. The molecule has 0 fully saturated rings. The van der Waals surface area contributed by atoms with Crippen molar-refractivity contribution >= 4 is 11.1 Å². The third kappa shape index (κ3) is 3.65. The van der Waals surface area contributed by atoms with Gasteiger partial charge in [-0.2, -0.15) is 0 Å². The second-order valence-corrected chi connectivity index (χ2v) is 3.79. The van der Waals surface area contributed by atoms with Crippen molar-refractivity contribution in [3.63, 3.8) is 0 Å². The summed E-state index contributed by atoms with van der Waals surface area (Å²) in [6.07, 6.45) is -1.09. The summed E-state index contributed by atoms with van der Waals surface area (Å²) in [4.78, 5) is 0.558. The average Bonchev–Trinajstić information content (AvgIpc) is 2.15. The van der Waals surface area contributed by atoms with E-state index in [9.17, 15) is 8.60 Å². The summed E-state index contributed by atoms with van der Waals surface area (Å²) in [7, 11) is 0. The molecule has 1 aromatic rings. The molecule has 2 unspecified atom stereocenters. The van der Waals surface area contributed by atoms with Crippen LogP contribution in [-0.4, -0.2) is 17.0 Å². The van der Waals surface area contributed by atoms with Crippen LogP contribution >= 0.6 is 0 Å². The third-order valence-electron chi connectivity index (χ3n) is 1.34. The summed E-state index contributed by atoms with van der Waals surface area (Å²) in [6.45, 7) is 1.23. The van der Waals surface area contributed by atoms with E-state index in [1.807, 2.05) is 6.07 Å². The Labute approximate surface area is 79.4 Å². The van der Waals surface area contributed by atoms with Gasteiger partial charge < -0.3 is 0 Å². The minimum absolute atomic E-state index is 0.137. The Balaban J connectivity index is 2.50. The topological polar surface area (TPSA) is 26.3 Å². The maximum atomic E-state index is 12.3. The van der Waals surface area contributed by atoms with Crippen LogP contribution < -0.4 is 0 Å². The van der Waals surface area contributed by atoms with Crippen LogP contribution in [-0.2, 0) is 15.3 Å². The highest BCUT2D eigenvalue weighted by Gasteiger charge is 2.05. The molecule has 13 heavy (non-hydrogen) atoms. The summed E-state index contributed by atoms with van der Waals surface area (Å²) in [5.41, 5.74) is 0. The summed E-state index contributed by atoms with van der Waals surface area (Å²) in [5.74, 6) is 0. The molecule has 2 atom stereocenters. The van der Waals surface area contributed by atoms with Gasteiger partial charge in [-0.1, -0.05) is 18.2 Å². The molecule has 0 radical (unpaired) electrons. The van der Waals surface area contributed by atoms with E-state index >= 15 is 0 Å². The lowest BCUT2D eigenvalue weighted by Crippen LogP contribution is -2.07. The molecule has 0 bridgehead atoms. The first-order valence-electron chi connectivity index (χ1n) is 3.94. The molecule has 0 saturated carbocycles. The molecule has 2 nitrogen and oxygen atoms in total. The van der Waals surface area contributed by atoms with Crippen LogP contribution in [0.15, 0.2) is 35.2 Å². The molecule has 0 aromatic heterocycles. The molecule has 72 valence electrons. The quantitative estimate of drug-likeness (QED) is 0.747. The minimum atomic E-state index is -1.54. The van der Waals surface area contributed by atoms with E-state index in [4.69, 9.17) is 4.18 Å². The van der Waals surface area contributed by atoms with Gasteiger partial charge in [0.1, 0.15) is 6.17 Å². The Bertz CT molecular complexity index is 274. The maximum absolute atomic E-state index is 12.3. The van der Waals surface area contributed by atoms with E-state index in [-0.39, 0.29) is 6.61 Å². The van der Waals surface area contributed by atoms with Gasteiger partial charge >= 0.3 is 0 Å². The molecular formula is C9H11FO2S. The van der Waals surface area contributed by atoms with Crippen LogP contribution in [0.1, 0.15) is 6.92 Å². The Kier molecular flexibility index (Phi) is 4.05. The number of benzene rings is 1. The third-order valence-corrected chi connectivity index (χ3v) is 2.35. The highest BCUT2D eigenvalue weighted by atomic mass is 32.2. The van der Waals surface area contributed by atoms with Gasteiger partial charge in [-0.15, -0.1) is 0 Å².